The van der Waals surface area contributed by atoms with Gasteiger partial charge in [-0.2, -0.15) is 0 Å². The number of nitrogens with one attached hydrogen (secondary N) is 1. The average molecular weight is 239 g/mol. The molecule has 1 aromatic rings. The number of phenolic OH excluding ortho intramolecular Hbond substituents is 1. The van der Waals surface area contributed by atoms with Crippen LogP contribution in [0.3, 0.4) is 0 Å². The summed E-state index contributed by atoms with van der Waals surface area (Å²) in [6.45, 7) is 1.91. The van der Waals surface area contributed by atoms with Gasteiger partial charge in [-0.3, -0.25) is 4.79 Å². The Kier molecular flexibility index (Phi) is 3.02. The number of hydrogen-bond acceptors (Lipinski definition) is 3. The third kappa shape index (κ3) is 2.10. The Morgan fingerprint density at radius 3 is 2.82 bits per heavy atom. The van der Waals surface area contributed by atoms with E-state index in [1.54, 1.807) is 19.1 Å². The minimum absolute atomic E-state index is 0.300. The molecule has 5 heteroatoms. The molecule has 92 valence electrons. The van der Waals surface area contributed by atoms with E-state index >= 15 is 0 Å². The van der Waals surface area contributed by atoms with Crippen molar-refractivity contribution in [1.29, 1.82) is 0 Å². The third-order valence-corrected chi connectivity index (χ3v) is 3.20. The van der Waals surface area contributed by atoms with Crippen molar-refractivity contribution in [2.45, 2.75) is 19.4 Å². The molecule has 0 aliphatic carbocycles. The van der Waals surface area contributed by atoms with Crippen LogP contribution in [0, 0.1) is 18.7 Å². The summed E-state index contributed by atoms with van der Waals surface area (Å²) in [5.41, 5.74) is 0.802. The number of hydrogen-bond donors (Lipinski definition) is 3. The van der Waals surface area contributed by atoms with Crippen molar-refractivity contribution < 1.29 is 19.4 Å². The highest BCUT2D eigenvalue weighted by Gasteiger charge is 2.32. The Bertz CT molecular complexity index is 461. The predicted molar refractivity (Wildman–Crippen MR) is 59.3 cm³/mol. The van der Waals surface area contributed by atoms with Gasteiger partial charge in [-0.05, 0) is 18.9 Å². The maximum absolute atomic E-state index is 13.5. The topological polar surface area (TPSA) is 69.6 Å². The fourth-order valence-corrected chi connectivity index (χ4v) is 2.12. The van der Waals surface area contributed by atoms with Crippen LogP contribution in [0.25, 0.3) is 0 Å². The molecule has 2 atom stereocenters. The Morgan fingerprint density at radius 2 is 2.24 bits per heavy atom. The first kappa shape index (κ1) is 11.9. The van der Waals surface area contributed by atoms with Gasteiger partial charge < -0.3 is 15.5 Å². The number of phenols is 1. The number of halogens is 1. The zero-order chi connectivity index (χ0) is 12.6. The zero-order valence-electron chi connectivity index (χ0n) is 9.40. The van der Waals surface area contributed by atoms with Gasteiger partial charge in [0, 0.05) is 18.2 Å². The summed E-state index contributed by atoms with van der Waals surface area (Å²) in [7, 11) is 0. The molecule has 2 unspecified atom stereocenters. The maximum Gasteiger partial charge on any atom is 0.307 e. The van der Waals surface area contributed by atoms with E-state index in [0.717, 1.165) is 0 Å². The van der Waals surface area contributed by atoms with Crippen LogP contribution in [0.5, 0.6) is 5.75 Å². The van der Waals surface area contributed by atoms with E-state index in [1.807, 2.05) is 0 Å². The lowest BCUT2D eigenvalue weighted by Gasteiger charge is -2.13. The second kappa shape index (κ2) is 4.33. The normalized spacial score (nSPS) is 23.9. The lowest BCUT2D eigenvalue weighted by atomic mass is 9.98. The SMILES string of the molecule is Cc1ccc(C2CC(C(=O)O)CN2)c(O)c1F. The van der Waals surface area contributed by atoms with Crippen molar-refractivity contribution in [3.05, 3.63) is 29.1 Å². The average Bonchev–Trinajstić information content (AvgIpc) is 2.75. The van der Waals surface area contributed by atoms with Gasteiger partial charge in [0.25, 0.3) is 0 Å². The first-order valence-electron chi connectivity index (χ1n) is 5.45. The lowest BCUT2D eigenvalue weighted by Crippen LogP contribution is -2.17. The molecule has 1 aromatic carbocycles. The molecule has 1 heterocycles. The lowest BCUT2D eigenvalue weighted by molar-refractivity contribution is -0.141. The Labute approximate surface area is 98.1 Å². The van der Waals surface area contributed by atoms with Crippen LogP contribution in [0.1, 0.15) is 23.6 Å². The number of carboxylic acids is 1. The van der Waals surface area contributed by atoms with E-state index < -0.39 is 17.7 Å². The van der Waals surface area contributed by atoms with Crippen LogP contribution in [-0.4, -0.2) is 22.7 Å². The van der Waals surface area contributed by atoms with Crippen molar-refractivity contribution in [3.8, 4) is 5.75 Å². The van der Waals surface area contributed by atoms with Gasteiger partial charge >= 0.3 is 5.97 Å². The molecule has 0 radical (unpaired) electrons. The van der Waals surface area contributed by atoms with Crippen LogP contribution in [0.2, 0.25) is 0 Å². The Morgan fingerprint density at radius 1 is 1.53 bits per heavy atom. The number of benzene rings is 1. The fraction of sp³-hybridized carbons (Fsp3) is 0.417. The minimum atomic E-state index is -0.868. The van der Waals surface area contributed by atoms with E-state index in [9.17, 15) is 14.3 Å². The van der Waals surface area contributed by atoms with Crippen molar-refractivity contribution in [3.63, 3.8) is 0 Å². The van der Waals surface area contributed by atoms with Crippen LogP contribution in [-0.2, 0) is 4.79 Å². The molecule has 2 rings (SSSR count). The molecular weight excluding hydrogens is 225 g/mol. The van der Waals surface area contributed by atoms with Crippen LogP contribution in [0.15, 0.2) is 12.1 Å². The van der Waals surface area contributed by atoms with Crippen molar-refractivity contribution in [2.75, 3.05) is 6.54 Å². The molecule has 1 aliphatic rings. The standard InChI is InChI=1S/C12H14FNO3/c1-6-2-3-8(11(15)10(6)13)9-4-7(5-14-9)12(16)17/h2-3,7,9,14-15H,4-5H2,1H3,(H,16,17). The highest BCUT2D eigenvalue weighted by atomic mass is 19.1. The fourth-order valence-electron chi connectivity index (χ4n) is 2.12. The van der Waals surface area contributed by atoms with E-state index in [4.69, 9.17) is 5.11 Å². The van der Waals surface area contributed by atoms with E-state index in [0.29, 0.717) is 24.1 Å². The predicted octanol–water partition coefficient (Wildman–Crippen LogP) is 1.57. The molecular formula is C12H14FNO3. The van der Waals surface area contributed by atoms with Gasteiger partial charge in [-0.15, -0.1) is 0 Å². The summed E-state index contributed by atoms with van der Waals surface area (Å²) in [5, 5.41) is 21.6. The molecule has 17 heavy (non-hydrogen) atoms. The van der Waals surface area contributed by atoms with Crippen LogP contribution < -0.4 is 5.32 Å². The first-order valence-corrected chi connectivity index (χ1v) is 5.45. The molecule has 0 bridgehead atoms. The maximum atomic E-state index is 13.5. The molecule has 1 aliphatic heterocycles. The van der Waals surface area contributed by atoms with Crippen LogP contribution >= 0.6 is 0 Å². The van der Waals surface area contributed by atoms with Gasteiger partial charge in [-0.1, -0.05) is 12.1 Å². The van der Waals surface area contributed by atoms with E-state index in [-0.39, 0.29) is 11.8 Å². The summed E-state index contributed by atoms with van der Waals surface area (Å²) in [4.78, 5) is 10.8. The summed E-state index contributed by atoms with van der Waals surface area (Å²) in [6.07, 6.45) is 0.366. The largest absolute Gasteiger partial charge is 0.505 e. The molecule has 0 saturated carbocycles. The number of aryl methyl sites for hydroxylation is 1. The number of rotatable bonds is 2. The molecule has 1 fully saturated rings. The Balaban J connectivity index is 2.25. The monoisotopic (exact) mass is 239 g/mol. The molecule has 1 saturated heterocycles. The summed E-state index contributed by atoms with van der Waals surface area (Å²) in [6, 6.07) is 2.92. The highest BCUT2D eigenvalue weighted by Crippen LogP contribution is 2.35. The number of aliphatic carboxylic acids is 1. The van der Waals surface area contributed by atoms with E-state index in [1.165, 1.54) is 0 Å². The molecule has 0 amide bonds. The number of aromatic hydroxyl groups is 1. The number of carboxylic acid groups (broad SMARTS) is 1. The summed E-state index contributed by atoms with van der Waals surface area (Å²) >= 11 is 0. The molecule has 0 aromatic heterocycles. The van der Waals surface area contributed by atoms with Crippen LogP contribution in [0.4, 0.5) is 4.39 Å². The number of carbonyl (C=O) groups is 1. The highest BCUT2D eigenvalue weighted by molar-refractivity contribution is 5.71. The molecule has 3 N–H and O–H groups in total. The molecule has 0 spiro atoms. The Hall–Kier alpha value is -1.62. The van der Waals surface area contributed by atoms with Crippen molar-refractivity contribution in [2.24, 2.45) is 5.92 Å². The third-order valence-electron chi connectivity index (χ3n) is 3.20. The van der Waals surface area contributed by atoms with Gasteiger partial charge in [0.1, 0.15) is 0 Å². The first-order chi connectivity index (χ1) is 8.00. The van der Waals surface area contributed by atoms with Gasteiger partial charge in [0.15, 0.2) is 11.6 Å². The zero-order valence-corrected chi connectivity index (χ0v) is 9.40. The van der Waals surface area contributed by atoms with Crippen molar-refractivity contribution in [1.82, 2.24) is 5.32 Å². The van der Waals surface area contributed by atoms with Gasteiger partial charge in [-0.25, -0.2) is 4.39 Å². The summed E-state index contributed by atoms with van der Waals surface area (Å²) in [5.74, 6) is -2.37. The van der Waals surface area contributed by atoms with Gasteiger partial charge in [0.05, 0.1) is 5.92 Å². The second-order valence-electron chi connectivity index (χ2n) is 4.37. The molecule has 4 nitrogen and oxygen atoms in total. The summed E-state index contributed by atoms with van der Waals surface area (Å²) < 4.78 is 13.5. The quantitative estimate of drug-likeness (QED) is 0.732. The van der Waals surface area contributed by atoms with Crippen molar-refractivity contribution >= 4 is 5.97 Å². The minimum Gasteiger partial charge on any atom is -0.505 e. The smallest absolute Gasteiger partial charge is 0.307 e. The van der Waals surface area contributed by atoms with E-state index in [2.05, 4.69) is 5.32 Å². The second-order valence-corrected chi connectivity index (χ2v) is 4.37. The van der Waals surface area contributed by atoms with Gasteiger partial charge in [0.2, 0.25) is 0 Å².